The maximum Gasteiger partial charge on any atom is 0.242 e. The molecule has 0 spiro atoms. The van der Waals surface area contributed by atoms with Crippen molar-refractivity contribution in [2.24, 2.45) is 0 Å². The molecule has 132 valence electrons. The summed E-state index contributed by atoms with van der Waals surface area (Å²) < 4.78 is 0. The minimum atomic E-state index is -0.310. The zero-order valence-corrected chi connectivity index (χ0v) is 15.1. The van der Waals surface area contributed by atoms with Gasteiger partial charge in [-0.2, -0.15) is 0 Å². The van der Waals surface area contributed by atoms with Crippen molar-refractivity contribution in [3.63, 3.8) is 0 Å². The van der Waals surface area contributed by atoms with Crippen molar-refractivity contribution in [2.45, 2.75) is 12.6 Å². The molecule has 5 nitrogen and oxygen atoms in total. The minimum absolute atomic E-state index is 0.00695. The third-order valence-electron chi connectivity index (χ3n) is 4.53. The van der Waals surface area contributed by atoms with Crippen LogP contribution in [0, 0.1) is 0 Å². The number of carbonyl (C=O) groups is 1. The summed E-state index contributed by atoms with van der Waals surface area (Å²) in [6, 6.07) is 11.1. The largest absolute Gasteiger partial charge is 0.350 e. The molecule has 0 bridgehead atoms. The number of aromatic nitrogens is 1. The number of pyridine rings is 1. The first-order valence-corrected chi connectivity index (χ1v) is 8.86. The summed E-state index contributed by atoms with van der Waals surface area (Å²) in [5, 5.41) is 3.76. The third kappa shape index (κ3) is 4.78. The number of rotatable bonds is 5. The molecule has 1 amide bonds. The highest BCUT2D eigenvalue weighted by Crippen LogP contribution is 2.22. The first kappa shape index (κ1) is 17.9. The average Bonchev–Trinajstić information content (AvgIpc) is 2.64. The number of piperazine rings is 1. The van der Waals surface area contributed by atoms with E-state index in [9.17, 15) is 4.79 Å². The molecule has 6 heteroatoms. The Balaban J connectivity index is 1.71. The summed E-state index contributed by atoms with van der Waals surface area (Å²) >= 11 is 5.91. The van der Waals surface area contributed by atoms with Gasteiger partial charge in [0, 0.05) is 50.1 Å². The molecule has 1 saturated heterocycles. The lowest BCUT2D eigenvalue weighted by Crippen LogP contribution is -2.49. The molecule has 2 aromatic rings. The standard InChI is InChI=1S/C19H23ClN4O/c1-23-9-11-24(12-10-23)18(16-3-2-8-21-14-16)19(25)22-13-15-4-6-17(20)7-5-15/h2-8,14,18H,9-13H2,1H3,(H,22,25). The van der Waals surface area contributed by atoms with E-state index < -0.39 is 0 Å². The summed E-state index contributed by atoms with van der Waals surface area (Å²) in [4.78, 5) is 21.6. The van der Waals surface area contributed by atoms with Crippen LogP contribution in [0.4, 0.5) is 0 Å². The second kappa shape index (κ2) is 8.43. The van der Waals surface area contributed by atoms with E-state index in [1.807, 2.05) is 36.4 Å². The molecule has 1 aliphatic rings. The lowest BCUT2D eigenvalue weighted by atomic mass is 10.1. The van der Waals surface area contributed by atoms with Gasteiger partial charge in [-0.15, -0.1) is 0 Å². The summed E-state index contributed by atoms with van der Waals surface area (Å²) in [7, 11) is 2.11. The second-order valence-electron chi connectivity index (χ2n) is 6.37. The molecule has 1 aromatic heterocycles. The fraction of sp³-hybridized carbons (Fsp3) is 0.368. The van der Waals surface area contributed by atoms with E-state index in [4.69, 9.17) is 11.6 Å². The second-order valence-corrected chi connectivity index (χ2v) is 6.81. The fourth-order valence-electron chi connectivity index (χ4n) is 3.03. The Morgan fingerprint density at radius 3 is 2.56 bits per heavy atom. The predicted octanol–water partition coefficient (Wildman–Crippen LogP) is 2.34. The Bertz CT molecular complexity index is 684. The van der Waals surface area contributed by atoms with Gasteiger partial charge in [0.15, 0.2) is 0 Å². The highest BCUT2D eigenvalue weighted by molar-refractivity contribution is 6.30. The van der Waals surface area contributed by atoms with Gasteiger partial charge in [-0.3, -0.25) is 14.7 Å². The summed E-state index contributed by atoms with van der Waals surface area (Å²) in [5.74, 6) is 0.00695. The molecule has 25 heavy (non-hydrogen) atoms. The fourth-order valence-corrected chi connectivity index (χ4v) is 3.16. The van der Waals surface area contributed by atoms with Crippen molar-refractivity contribution < 1.29 is 4.79 Å². The van der Waals surface area contributed by atoms with Crippen molar-refractivity contribution >= 4 is 17.5 Å². The molecule has 1 atom stereocenters. The van der Waals surface area contributed by atoms with Gasteiger partial charge in [0.1, 0.15) is 6.04 Å². The number of nitrogens with one attached hydrogen (secondary N) is 1. The quantitative estimate of drug-likeness (QED) is 0.891. The van der Waals surface area contributed by atoms with Crippen LogP contribution in [-0.2, 0) is 11.3 Å². The minimum Gasteiger partial charge on any atom is -0.350 e. The SMILES string of the molecule is CN1CCN(C(C(=O)NCc2ccc(Cl)cc2)c2cccnc2)CC1. The van der Waals surface area contributed by atoms with Crippen LogP contribution in [0.1, 0.15) is 17.2 Å². The van der Waals surface area contributed by atoms with Crippen molar-refractivity contribution in [2.75, 3.05) is 33.2 Å². The molecule has 0 saturated carbocycles. The topological polar surface area (TPSA) is 48.5 Å². The molecule has 0 aliphatic carbocycles. The Labute approximate surface area is 153 Å². The summed E-state index contributed by atoms with van der Waals surface area (Å²) in [5.41, 5.74) is 1.96. The molecule has 1 fully saturated rings. The predicted molar refractivity (Wildman–Crippen MR) is 99.3 cm³/mol. The molecule has 1 aromatic carbocycles. The number of likely N-dealkylation sites (N-methyl/N-ethyl adjacent to an activating group) is 1. The van der Waals surface area contributed by atoms with Crippen LogP contribution in [0.2, 0.25) is 5.02 Å². The van der Waals surface area contributed by atoms with Gasteiger partial charge in [0.25, 0.3) is 0 Å². The van der Waals surface area contributed by atoms with E-state index in [0.29, 0.717) is 11.6 Å². The average molecular weight is 359 g/mol. The van der Waals surface area contributed by atoms with Crippen LogP contribution >= 0.6 is 11.6 Å². The van der Waals surface area contributed by atoms with Crippen molar-refractivity contribution in [3.05, 3.63) is 64.9 Å². The van der Waals surface area contributed by atoms with Crippen LogP contribution < -0.4 is 5.32 Å². The zero-order valence-electron chi connectivity index (χ0n) is 14.4. The normalized spacial score (nSPS) is 17.2. The molecular weight excluding hydrogens is 336 g/mol. The van der Waals surface area contributed by atoms with Gasteiger partial charge >= 0.3 is 0 Å². The number of hydrogen-bond acceptors (Lipinski definition) is 4. The zero-order chi connectivity index (χ0) is 17.6. The van der Waals surface area contributed by atoms with E-state index in [1.54, 1.807) is 12.4 Å². The Kier molecular flexibility index (Phi) is 6.02. The van der Waals surface area contributed by atoms with Crippen molar-refractivity contribution in [1.82, 2.24) is 20.1 Å². The maximum absolute atomic E-state index is 12.9. The highest BCUT2D eigenvalue weighted by Gasteiger charge is 2.29. The first-order chi connectivity index (χ1) is 12.1. The van der Waals surface area contributed by atoms with Gasteiger partial charge < -0.3 is 10.2 Å². The highest BCUT2D eigenvalue weighted by atomic mass is 35.5. The lowest BCUT2D eigenvalue weighted by molar-refractivity contribution is -0.127. The summed E-state index contributed by atoms with van der Waals surface area (Å²) in [6.07, 6.45) is 3.51. The van der Waals surface area contributed by atoms with Gasteiger partial charge in [-0.25, -0.2) is 0 Å². The smallest absolute Gasteiger partial charge is 0.242 e. The summed E-state index contributed by atoms with van der Waals surface area (Å²) in [6.45, 7) is 4.14. The van der Waals surface area contributed by atoms with Crippen molar-refractivity contribution in [3.8, 4) is 0 Å². The molecule has 3 rings (SSSR count). The molecule has 1 aliphatic heterocycles. The van der Waals surface area contributed by atoms with Gasteiger partial charge in [-0.05, 0) is 36.4 Å². The number of carbonyl (C=O) groups excluding carboxylic acids is 1. The molecule has 1 N–H and O–H groups in total. The number of amides is 1. The van der Waals surface area contributed by atoms with Crippen molar-refractivity contribution in [1.29, 1.82) is 0 Å². The van der Waals surface area contributed by atoms with Crippen LogP contribution in [-0.4, -0.2) is 53.9 Å². The molecule has 1 unspecified atom stereocenters. The van der Waals surface area contributed by atoms with Gasteiger partial charge in [-0.1, -0.05) is 29.8 Å². The van der Waals surface area contributed by atoms with E-state index in [0.717, 1.165) is 37.3 Å². The van der Waals surface area contributed by atoms with E-state index in [-0.39, 0.29) is 11.9 Å². The van der Waals surface area contributed by atoms with Crippen LogP contribution in [0.25, 0.3) is 0 Å². The van der Waals surface area contributed by atoms with Crippen LogP contribution in [0.3, 0.4) is 0 Å². The Morgan fingerprint density at radius 1 is 1.20 bits per heavy atom. The van der Waals surface area contributed by atoms with Gasteiger partial charge in [0.05, 0.1) is 0 Å². The number of nitrogens with zero attached hydrogens (tertiary/aromatic N) is 3. The molecule has 2 heterocycles. The number of hydrogen-bond donors (Lipinski definition) is 1. The maximum atomic E-state index is 12.9. The molecular formula is C19H23ClN4O. The lowest BCUT2D eigenvalue weighted by Gasteiger charge is -2.37. The van der Waals surface area contributed by atoms with Crippen LogP contribution in [0.5, 0.6) is 0 Å². The Morgan fingerprint density at radius 2 is 1.92 bits per heavy atom. The van der Waals surface area contributed by atoms with E-state index >= 15 is 0 Å². The van der Waals surface area contributed by atoms with E-state index in [1.165, 1.54) is 0 Å². The number of benzene rings is 1. The Hall–Kier alpha value is -1.95. The number of halogens is 1. The molecule has 0 radical (unpaired) electrons. The van der Waals surface area contributed by atoms with E-state index in [2.05, 4.69) is 27.1 Å². The third-order valence-corrected chi connectivity index (χ3v) is 4.78. The van der Waals surface area contributed by atoms with Gasteiger partial charge in [0.2, 0.25) is 5.91 Å². The first-order valence-electron chi connectivity index (χ1n) is 8.48. The monoisotopic (exact) mass is 358 g/mol. The van der Waals surface area contributed by atoms with Crippen LogP contribution in [0.15, 0.2) is 48.8 Å².